The summed E-state index contributed by atoms with van der Waals surface area (Å²) in [6.45, 7) is 3.79. The molecule has 1 aromatic heterocycles. The van der Waals surface area contributed by atoms with E-state index in [0.29, 0.717) is 5.75 Å². The summed E-state index contributed by atoms with van der Waals surface area (Å²) in [7, 11) is 0. The lowest BCUT2D eigenvalue weighted by Crippen LogP contribution is -2.06. The third kappa shape index (κ3) is 2.66. The standard InChI is InChI=1S/C25H21NO4/c1-12-7-16(8-13(2)24(12)28)14-3-5-17-18-6-4-15-9-20(25(29)30)22(27)11-19(15)23(18)26-21(17)10-14/h3,5,7-11,26-28H,4,6H2,1-2H3,(H,29,30). The van der Waals surface area contributed by atoms with Gasteiger partial charge in [-0.2, -0.15) is 0 Å². The zero-order valence-corrected chi connectivity index (χ0v) is 16.7. The molecule has 0 radical (unpaired) electrons. The molecule has 0 atom stereocenters. The van der Waals surface area contributed by atoms with Crippen molar-refractivity contribution >= 4 is 16.9 Å². The number of nitrogens with one attached hydrogen (secondary N) is 1. The van der Waals surface area contributed by atoms with E-state index in [4.69, 9.17) is 0 Å². The highest BCUT2D eigenvalue weighted by Crippen LogP contribution is 2.41. The average Bonchev–Trinajstić information content (AvgIpc) is 3.09. The van der Waals surface area contributed by atoms with Crippen molar-refractivity contribution in [3.05, 3.63) is 70.3 Å². The molecule has 4 aromatic rings. The number of benzene rings is 3. The molecule has 0 unspecified atom stereocenters. The van der Waals surface area contributed by atoms with E-state index in [0.717, 1.165) is 62.8 Å². The fraction of sp³-hybridized carbons (Fsp3) is 0.160. The van der Waals surface area contributed by atoms with Crippen molar-refractivity contribution in [2.24, 2.45) is 0 Å². The van der Waals surface area contributed by atoms with Crippen molar-refractivity contribution in [3.63, 3.8) is 0 Å². The molecule has 1 aliphatic rings. The normalized spacial score (nSPS) is 12.6. The van der Waals surface area contributed by atoms with Crippen molar-refractivity contribution < 1.29 is 20.1 Å². The van der Waals surface area contributed by atoms with Gasteiger partial charge in [-0.05, 0) is 90.4 Å². The number of carboxylic acids is 1. The first-order chi connectivity index (χ1) is 14.3. The lowest BCUT2D eigenvalue weighted by Gasteiger charge is -2.18. The summed E-state index contributed by atoms with van der Waals surface area (Å²) < 4.78 is 0. The van der Waals surface area contributed by atoms with E-state index in [9.17, 15) is 20.1 Å². The summed E-state index contributed by atoms with van der Waals surface area (Å²) in [5.41, 5.74) is 8.62. The van der Waals surface area contributed by atoms with Crippen LogP contribution in [-0.4, -0.2) is 26.3 Å². The van der Waals surface area contributed by atoms with Crippen LogP contribution in [0.15, 0.2) is 42.5 Å². The van der Waals surface area contributed by atoms with Gasteiger partial charge >= 0.3 is 5.97 Å². The van der Waals surface area contributed by atoms with Crippen LogP contribution in [0.3, 0.4) is 0 Å². The van der Waals surface area contributed by atoms with Crippen LogP contribution < -0.4 is 0 Å². The Morgan fingerprint density at radius 1 is 0.933 bits per heavy atom. The molecule has 0 saturated carbocycles. The first-order valence-corrected chi connectivity index (χ1v) is 9.88. The number of fused-ring (bicyclic) bond motifs is 5. The van der Waals surface area contributed by atoms with Gasteiger partial charge in [-0.25, -0.2) is 4.79 Å². The van der Waals surface area contributed by atoms with Gasteiger partial charge in [0.25, 0.3) is 0 Å². The molecule has 0 spiro atoms. The first-order valence-electron chi connectivity index (χ1n) is 9.88. The van der Waals surface area contributed by atoms with E-state index in [2.05, 4.69) is 23.2 Å². The lowest BCUT2D eigenvalue weighted by molar-refractivity contribution is 0.0693. The van der Waals surface area contributed by atoms with E-state index in [-0.39, 0.29) is 11.3 Å². The molecular formula is C25H21NO4. The smallest absolute Gasteiger partial charge is 0.339 e. The number of carbonyl (C=O) groups is 1. The molecule has 0 aliphatic heterocycles. The zero-order chi connectivity index (χ0) is 21.2. The predicted molar refractivity (Wildman–Crippen MR) is 116 cm³/mol. The van der Waals surface area contributed by atoms with E-state index in [1.54, 1.807) is 12.1 Å². The highest BCUT2D eigenvalue weighted by molar-refractivity contribution is 5.97. The Morgan fingerprint density at radius 2 is 1.67 bits per heavy atom. The third-order valence-corrected chi connectivity index (χ3v) is 6.10. The first kappa shape index (κ1) is 18.3. The number of phenols is 2. The molecule has 5 rings (SSSR count). The van der Waals surface area contributed by atoms with E-state index in [1.165, 1.54) is 5.56 Å². The number of hydrogen-bond donors (Lipinski definition) is 4. The highest BCUT2D eigenvalue weighted by Gasteiger charge is 2.24. The second kappa shape index (κ2) is 6.39. The Balaban J connectivity index is 1.66. The van der Waals surface area contributed by atoms with Crippen molar-refractivity contribution in [2.45, 2.75) is 26.7 Å². The summed E-state index contributed by atoms with van der Waals surface area (Å²) in [4.78, 5) is 14.8. The molecular weight excluding hydrogens is 378 g/mol. The number of H-pyrrole nitrogens is 1. The molecule has 0 bridgehead atoms. The number of aromatic carboxylic acids is 1. The number of aryl methyl sites for hydroxylation is 4. The van der Waals surface area contributed by atoms with E-state index in [1.807, 2.05) is 26.0 Å². The summed E-state index contributed by atoms with van der Waals surface area (Å²) in [6, 6.07) is 13.4. The molecule has 1 heterocycles. The number of aromatic nitrogens is 1. The van der Waals surface area contributed by atoms with Gasteiger partial charge in [0.05, 0.1) is 5.69 Å². The molecule has 0 saturated heterocycles. The summed E-state index contributed by atoms with van der Waals surface area (Å²) >= 11 is 0. The fourth-order valence-corrected chi connectivity index (χ4v) is 4.55. The van der Waals surface area contributed by atoms with Crippen molar-refractivity contribution in [1.29, 1.82) is 0 Å². The van der Waals surface area contributed by atoms with Gasteiger partial charge in [0.2, 0.25) is 0 Å². The number of rotatable bonds is 2. The number of aromatic hydroxyl groups is 2. The van der Waals surface area contributed by atoms with Gasteiger partial charge in [-0.3, -0.25) is 0 Å². The van der Waals surface area contributed by atoms with Crippen LogP contribution in [0, 0.1) is 13.8 Å². The zero-order valence-electron chi connectivity index (χ0n) is 16.7. The minimum atomic E-state index is -1.12. The monoisotopic (exact) mass is 399 g/mol. The summed E-state index contributed by atoms with van der Waals surface area (Å²) in [5.74, 6) is -1.02. The molecule has 0 amide bonds. The molecule has 4 N–H and O–H groups in total. The molecule has 1 aliphatic carbocycles. The average molecular weight is 399 g/mol. The Bertz CT molecular complexity index is 1340. The maximum atomic E-state index is 11.4. The van der Waals surface area contributed by atoms with E-state index < -0.39 is 5.97 Å². The van der Waals surface area contributed by atoms with Crippen LogP contribution in [-0.2, 0) is 12.8 Å². The van der Waals surface area contributed by atoms with Gasteiger partial charge in [0.15, 0.2) is 0 Å². The molecule has 3 aromatic carbocycles. The minimum Gasteiger partial charge on any atom is -0.507 e. The molecule has 5 heteroatoms. The molecule has 150 valence electrons. The second-order valence-electron chi connectivity index (χ2n) is 8.03. The third-order valence-electron chi connectivity index (χ3n) is 6.10. The highest BCUT2D eigenvalue weighted by atomic mass is 16.4. The number of phenolic OH excluding ortho intramolecular Hbond substituents is 1. The number of hydrogen-bond acceptors (Lipinski definition) is 3. The maximum absolute atomic E-state index is 11.4. The van der Waals surface area contributed by atoms with Crippen molar-refractivity contribution in [2.75, 3.05) is 0 Å². The summed E-state index contributed by atoms with van der Waals surface area (Å²) in [5, 5.41) is 30.7. The van der Waals surface area contributed by atoms with Gasteiger partial charge in [0.1, 0.15) is 17.1 Å². The van der Waals surface area contributed by atoms with Gasteiger partial charge in [0, 0.05) is 16.5 Å². The van der Waals surface area contributed by atoms with Crippen LogP contribution >= 0.6 is 0 Å². The van der Waals surface area contributed by atoms with Crippen LogP contribution in [0.25, 0.3) is 33.3 Å². The predicted octanol–water partition coefficient (Wildman–Crippen LogP) is 5.33. The topological polar surface area (TPSA) is 93.5 Å². The van der Waals surface area contributed by atoms with Crippen molar-refractivity contribution in [1.82, 2.24) is 4.98 Å². The molecule has 0 fully saturated rings. The summed E-state index contributed by atoms with van der Waals surface area (Å²) in [6.07, 6.45) is 1.54. The Hall–Kier alpha value is -3.73. The SMILES string of the molecule is Cc1cc(-c2ccc3c4c([nH]c3c2)-c2cc(O)c(C(=O)O)cc2CC4)cc(C)c1O. The largest absolute Gasteiger partial charge is 0.507 e. The van der Waals surface area contributed by atoms with Crippen LogP contribution in [0.4, 0.5) is 0 Å². The van der Waals surface area contributed by atoms with Crippen molar-refractivity contribution in [3.8, 4) is 33.9 Å². The Kier molecular flexibility index (Phi) is 3.90. The number of aromatic amines is 1. The second-order valence-corrected chi connectivity index (χ2v) is 8.03. The quantitative estimate of drug-likeness (QED) is 0.367. The number of carboxylic acid groups (broad SMARTS) is 1. The Morgan fingerprint density at radius 3 is 2.37 bits per heavy atom. The minimum absolute atomic E-state index is 0.0614. The Labute approximate surface area is 173 Å². The van der Waals surface area contributed by atoms with Crippen LogP contribution in [0.5, 0.6) is 11.5 Å². The molecule has 5 nitrogen and oxygen atoms in total. The maximum Gasteiger partial charge on any atom is 0.339 e. The van der Waals surface area contributed by atoms with Gasteiger partial charge in [-0.15, -0.1) is 0 Å². The van der Waals surface area contributed by atoms with Crippen LogP contribution in [0.2, 0.25) is 0 Å². The van der Waals surface area contributed by atoms with Crippen LogP contribution in [0.1, 0.15) is 32.6 Å². The fourth-order valence-electron chi connectivity index (χ4n) is 4.55. The van der Waals surface area contributed by atoms with Gasteiger partial charge in [-0.1, -0.05) is 12.1 Å². The molecule has 30 heavy (non-hydrogen) atoms. The van der Waals surface area contributed by atoms with Gasteiger partial charge < -0.3 is 20.3 Å². The van der Waals surface area contributed by atoms with E-state index >= 15 is 0 Å². The lowest BCUT2D eigenvalue weighted by atomic mass is 9.87.